The maximum absolute atomic E-state index is 13.0. The number of hydrogen-bond acceptors (Lipinski definition) is 5. The van der Waals surface area contributed by atoms with Crippen LogP contribution in [0.25, 0.3) is 5.70 Å². The van der Waals surface area contributed by atoms with Gasteiger partial charge in [0.25, 0.3) is 5.91 Å². The highest BCUT2D eigenvalue weighted by molar-refractivity contribution is 6.30. The number of hydrogen-bond donors (Lipinski definition) is 0. The van der Waals surface area contributed by atoms with E-state index in [0.717, 1.165) is 72.2 Å². The molecule has 6 rings (SSSR count). The third kappa shape index (κ3) is 3.89. The van der Waals surface area contributed by atoms with Crippen LogP contribution in [0.3, 0.4) is 0 Å². The highest BCUT2D eigenvalue weighted by atomic mass is 35.5. The van der Waals surface area contributed by atoms with E-state index < -0.39 is 0 Å². The number of amides is 1. The fourth-order valence-electron chi connectivity index (χ4n) is 6.36. The van der Waals surface area contributed by atoms with Gasteiger partial charge in [-0.2, -0.15) is 0 Å². The van der Waals surface area contributed by atoms with Gasteiger partial charge in [0.05, 0.1) is 34.9 Å². The van der Waals surface area contributed by atoms with Crippen LogP contribution in [0.4, 0.5) is 11.4 Å². The topological polar surface area (TPSA) is 52.6 Å². The first kappa shape index (κ1) is 24.0. The van der Waals surface area contributed by atoms with Crippen molar-refractivity contribution in [3.63, 3.8) is 0 Å². The normalized spacial score (nSPS) is 19.7. The molecule has 7 heteroatoms. The molecule has 2 saturated heterocycles. The van der Waals surface area contributed by atoms with E-state index in [1.54, 1.807) is 12.4 Å². The Kier molecular flexibility index (Phi) is 5.57. The predicted octanol–water partition coefficient (Wildman–Crippen LogP) is 5.91. The lowest BCUT2D eigenvalue weighted by molar-refractivity contribution is -0.00793. The molecule has 0 atom stereocenters. The second-order valence-electron chi connectivity index (χ2n) is 11.3. The molecule has 37 heavy (non-hydrogen) atoms. The van der Waals surface area contributed by atoms with Gasteiger partial charge in [-0.3, -0.25) is 14.8 Å². The van der Waals surface area contributed by atoms with Gasteiger partial charge in [0.15, 0.2) is 0 Å². The molecule has 1 spiro atoms. The summed E-state index contributed by atoms with van der Waals surface area (Å²) in [6.45, 7) is 14.4. The zero-order valence-electron chi connectivity index (χ0n) is 21.7. The maximum atomic E-state index is 13.0. The number of likely N-dealkylation sites (tertiary alicyclic amines) is 1. The maximum Gasteiger partial charge on any atom is 0.255 e. The lowest BCUT2D eigenvalue weighted by atomic mass is 9.71. The monoisotopic (exact) mass is 513 g/mol. The Bertz CT molecular complexity index is 1400. The highest BCUT2D eigenvalue weighted by Gasteiger charge is 2.47. The summed E-state index contributed by atoms with van der Waals surface area (Å²) in [7, 11) is 0. The van der Waals surface area contributed by atoms with Gasteiger partial charge in [-0.25, -0.2) is 0 Å². The Balaban J connectivity index is 1.14. The molecule has 5 heterocycles. The molecule has 0 bridgehead atoms. The van der Waals surface area contributed by atoms with Crippen molar-refractivity contribution in [1.29, 1.82) is 0 Å². The number of pyridine rings is 2. The Morgan fingerprint density at radius 3 is 2.46 bits per heavy atom. The van der Waals surface area contributed by atoms with Gasteiger partial charge in [-0.15, -0.1) is 0 Å². The van der Waals surface area contributed by atoms with E-state index >= 15 is 0 Å². The van der Waals surface area contributed by atoms with Crippen molar-refractivity contribution >= 4 is 34.6 Å². The molecule has 2 aromatic heterocycles. The van der Waals surface area contributed by atoms with Crippen molar-refractivity contribution in [2.75, 3.05) is 36.0 Å². The van der Waals surface area contributed by atoms with Crippen LogP contribution < -0.4 is 9.80 Å². The van der Waals surface area contributed by atoms with Crippen LogP contribution in [-0.2, 0) is 5.54 Å². The lowest BCUT2D eigenvalue weighted by Gasteiger charge is -2.54. The fraction of sp³-hybridized carbons (Fsp3) is 0.367. The van der Waals surface area contributed by atoms with Crippen molar-refractivity contribution in [3.8, 4) is 0 Å². The SMILES string of the molecule is C=C1c2ccc(Cl)cc2C(C)(C)N1c1cncc(N2CCC3(CC2)CN(C(=O)c2cnccc2C)C3)c1. The van der Waals surface area contributed by atoms with Gasteiger partial charge in [0.2, 0.25) is 0 Å². The van der Waals surface area contributed by atoms with Gasteiger partial charge in [-0.1, -0.05) is 24.2 Å². The second kappa shape index (κ2) is 8.59. The minimum atomic E-state index is -0.280. The van der Waals surface area contributed by atoms with Gasteiger partial charge in [0.1, 0.15) is 0 Å². The van der Waals surface area contributed by atoms with Crippen LogP contribution in [0.1, 0.15) is 53.7 Å². The summed E-state index contributed by atoms with van der Waals surface area (Å²) in [6.07, 6.45) is 9.44. The Morgan fingerprint density at radius 1 is 1.00 bits per heavy atom. The summed E-state index contributed by atoms with van der Waals surface area (Å²) < 4.78 is 0. The van der Waals surface area contributed by atoms with Crippen molar-refractivity contribution in [1.82, 2.24) is 14.9 Å². The number of anilines is 2. The van der Waals surface area contributed by atoms with Crippen LogP contribution in [0.2, 0.25) is 5.02 Å². The minimum Gasteiger partial charge on any atom is -0.370 e. The number of rotatable bonds is 3. The van der Waals surface area contributed by atoms with E-state index in [4.69, 9.17) is 11.6 Å². The summed E-state index contributed by atoms with van der Waals surface area (Å²) in [4.78, 5) is 28.4. The van der Waals surface area contributed by atoms with E-state index in [-0.39, 0.29) is 16.9 Å². The van der Waals surface area contributed by atoms with Gasteiger partial charge in [0, 0.05) is 60.3 Å². The Morgan fingerprint density at radius 2 is 1.73 bits per heavy atom. The van der Waals surface area contributed by atoms with E-state index in [1.165, 1.54) is 5.56 Å². The van der Waals surface area contributed by atoms with Crippen LogP contribution >= 0.6 is 11.6 Å². The van der Waals surface area contributed by atoms with Crippen molar-refractivity contribution in [2.45, 2.75) is 39.2 Å². The van der Waals surface area contributed by atoms with Crippen molar-refractivity contribution < 1.29 is 4.79 Å². The molecule has 0 radical (unpaired) electrons. The van der Waals surface area contributed by atoms with Gasteiger partial charge < -0.3 is 14.7 Å². The number of carbonyl (C=O) groups excluding carboxylic acids is 1. The summed E-state index contributed by atoms with van der Waals surface area (Å²) in [5, 5.41) is 0.738. The first-order valence-electron chi connectivity index (χ1n) is 12.9. The first-order chi connectivity index (χ1) is 17.7. The molecule has 6 nitrogen and oxygen atoms in total. The molecule has 3 aliphatic heterocycles. The largest absolute Gasteiger partial charge is 0.370 e. The molecule has 0 unspecified atom stereocenters. The van der Waals surface area contributed by atoms with Crippen molar-refractivity contribution in [3.05, 3.63) is 89.0 Å². The first-order valence-corrected chi connectivity index (χ1v) is 13.3. The van der Waals surface area contributed by atoms with E-state index in [0.29, 0.717) is 5.56 Å². The highest BCUT2D eigenvalue weighted by Crippen LogP contribution is 2.49. The smallest absolute Gasteiger partial charge is 0.255 e. The average Bonchev–Trinajstić information content (AvgIpc) is 3.07. The minimum absolute atomic E-state index is 0.103. The molecule has 2 fully saturated rings. The zero-order chi connectivity index (χ0) is 25.9. The number of piperidine rings is 1. The fourth-order valence-corrected chi connectivity index (χ4v) is 6.54. The molecule has 1 amide bonds. The Labute approximate surface area is 223 Å². The molecule has 0 N–H and O–H groups in total. The van der Waals surface area contributed by atoms with Crippen molar-refractivity contribution in [2.24, 2.45) is 5.41 Å². The molecule has 3 aromatic rings. The summed E-state index contributed by atoms with van der Waals surface area (Å²) in [5.41, 5.74) is 7.09. The molecule has 1 aromatic carbocycles. The number of halogens is 1. The standard InChI is InChI=1S/C30H32ClN5O/c1-20-7-10-32-17-26(20)28(37)35-18-30(19-35)8-11-34(12-9-30)23-14-24(16-33-15-23)36-21(2)25-6-5-22(31)13-27(25)29(36,3)4/h5-7,10,13-17H,2,8-9,11-12,18-19H2,1,3-4H3. The molecule has 0 aliphatic carbocycles. The summed E-state index contributed by atoms with van der Waals surface area (Å²) in [5.74, 6) is 0.103. The second-order valence-corrected chi connectivity index (χ2v) is 11.7. The third-order valence-electron chi connectivity index (χ3n) is 8.55. The zero-order valence-corrected chi connectivity index (χ0v) is 22.4. The number of carbonyl (C=O) groups is 1. The van der Waals surface area contributed by atoms with E-state index in [1.807, 2.05) is 42.4 Å². The number of benzene rings is 1. The summed E-state index contributed by atoms with van der Waals surface area (Å²) in [6, 6.07) is 10.2. The average molecular weight is 514 g/mol. The van der Waals surface area contributed by atoms with E-state index in [9.17, 15) is 4.79 Å². The number of fused-ring (bicyclic) bond motifs is 1. The molecule has 3 aliphatic rings. The lowest BCUT2D eigenvalue weighted by Crippen LogP contribution is -2.62. The van der Waals surface area contributed by atoms with Crippen LogP contribution in [0.5, 0.6) is 0 Å². The van der Waals surface area contributed by atoms with Gasteiger partial charge >= 0.3 is 0 Å². The van der Waals surface area contributed by atoms with E-state index in [2.05, 4.69) is 52.3 Å². The van der Waals surface area contributed by atoms with Gasteiger partial charge in [-0.05, 0) is 69.0 Å². The quantitative estimate of drug-likeness (QED) is 0.436. The molecule has 190 valence electrons. The molecular weight excluding hydrogens is 482 g/mol. The predicted molar refractivity (Wildman–Crippen MR) is 149 cm³/mol. The van der Waals surface area contributed by atoms with Crippen LogP contribution in [0, 0.1) is 12.3 Å². The number of aryl methyl sites for hydroxylation is 1. The number of aromatic nitrogens is 2. The number of nitrogens with zero attached hydrogens (tertiary/aromatic N) is 5. The molecule has 0 saturated carbocycles. The molecular formula is C30H32ClN5O. The van der Waals surface area contributed by atoms with Crippen LogP contribution in [0.15, 0.2) is 61.7 Å². The Hall–Kier alpha value is -3.38. The van der Waals surface area contributed by atoms with Crippen LogP contribution in [-0.4, -0.2) is 47.0 Å². The third-order valence-corrected chi connectivity index (χ3v) is 8.78. The summed E-state index contributed by atoms with van der Waals surface area (Å²) >= 11 is 6.33.